The summed E-state index contributed by atoms with van der Waals surface area (Å²) in [5, 5.41) is 10.3. The number of rotatable bonds is 2. The van der Waals surface area contributed by atoms with Gasteiger partial charge in [-0.2, -0.15) is 0 Å². The SMILES string of the molecule is COC1C=C2C3CC(C)(C)C(=O)CC3C(C(=O)O)CC2C2(C)CCC3C(C)(C)C(=O)CCC3(C)C12. The molecule has 0 heterocycles. The molecule has 1 N–H and O–H groups in total. The van der Waals surface area contributed by atoms with Crippen LogP contribution in [0.3, 0.4) is 0 Å². The lowest BCUT2D eigenvalue weighted by atomic mass is 9.37. The van der Waals surface area contributed by atoms with E-state index < -0.39 is 17.3 Å². The summed E-state index contributed by atoms with van der Waals surface area (Å²) in [6.07, 6.45) is 7.49. The number of carboxylic acids is 1. The first-order chi connectivity index (χ1) is 16.2. The number of methoxy groups -OCH3 is 1. The van der Waals surface area contributed by atoms with Gasteiger partial charge in [0.25, 0.3) is 0 Å². The van der Waals surface area contributed by atoms with E-state index in [1.54, 1.807) is 0 Å². The molecular weight excluding hydrogens is 440 g/mol. The summed E-state index contributed by atoms with van der Waals surface area (Å²) in [6, 6.07) is 0. The molecule has 5 nitrogen and oxygen atoms in total. The second-order valence-corrected chi connectivity index (χ2v) is 14.3. The zero-order valence-electron chi connectivity index (χ0n) is 22.6. The number of hydrogen-bond donors (Lipinski definition) is 1. The highest BCUT2D eigenvalue weighted by atomic mass is 16.5. The summed E-state index contributed by atoms with van der Waals surface area (Å²) in [6.45, 7) is 13.1. The molecule has 5 heteroatoms. The first kappa shape index (κ1) is 25.2. The smallest absolute Gasteiger partial charge is 0.306 e. The minimum absolute atomic E-state index is 0.0372. The summed E-state index contributed by atoms with van der Waals surface area (Å²) in [7, 11) is 1.81. The Kier molecular flexibility index (Phi) is 5.58. The Labute approximate surface area is 210 Å². The predicted octanol–water partition coefficient (Wildman–Crippen LogP) is 5.71. The molecule has 0 aromatic carbocycles. The Balaban J connectivity index is 1.64. The summed E-state index contributed by atoms with van der Waals surface area (Å²) in [5.41, 5.74) is 0.476. The second kappa shape index (κ2) is 7.76. The van der Waals surface area contributed by atoms with E-state index in [4.69, 9.17) is 4.74 Å². The molecule has 194 valence electrons. The Morgan fingerprint density at radius 2 is 1.71 bits per heavy atom. The molecular formula is C30H44O5. The van der Waals surface area contributed by atoms with E-state index in [0.717, 1.165) is 25.7 Å². The van der Waals surface area contributed by atoms with E-state index in [-0.39, 0.29) is 51.8 Å². The standard InChI is InChI=1S/C30H44O5/c1-27(2)15-19-16(14-24(27)32)18(26(33)34)12-20-17(19)13-21(35-7)25-29(20,5)10-8-22-28(3,4)23(31)9-11-30(22,25)6/h13,16,18-22,25H,8-12,14-15H2,1-7H3,(H,33,34). The van der Waals surface area contributed by atoms with E-state index in [2.05, 4.69) is 33.8 Å². The fraction of sp³-hybridized carbons (Fsp3) is 0.833. The lowest BCUT2D eigenvalue weighted by Crippen LogP contribution is -2.64. The Morgan fingerprint density at radius 3 is 2.34 bits per heavy atom. The fourth-order valence-electron chi connectivity index (χ4n) is 10.2. The normalized spacial score (nSPS) is 48.1. The summed E-state index contributed by atoms with van der Waals surface area (Å²) < 4.78 is 6.27. The minimum atomic E-state index is -0.745. The molecule has 0 saturated heterocycles. The van der Waals surface area contributed by atoms with Crippen molar-refractivity contribution in [1.29, 1.82) is 0 Å². The van der Waals surface area contributed by atoms with E-state index >= 15 is 0 Å². The molecule has 35 heavy (non-hydrogen) atoms. The topological polar surface area (TPSA) is 80.7 Å². The van der Waals surface area contributed by atoms with E-state index in [9.17, 15) is 19.5 Å². The van der Waals surface area contributed by atoms with Crippen molar-refractivity contribution >= 4 is 17.5 Å². The van der Waals surface area contributed by atoms with Crippen LogP contribution >= 0.6 is 0 Å². The summed E-state index contributed by atoms with van der Waals surface area (Å²) >= 11 is 0. The lowest BCUT2D eigenvalue weighted by molar-refractivity contribution is -0.193. The van der Waals surface area contributed by atoms with Gasteiger partial charge >= 0.3 is 5.97 Å². The van der Waals surface area contributed by atoms with Gasteiger partial charge in [-0.1, -0.05) is 53.2 Å². The summed E-state index contributed by atoms with van der Waals surface area (Å²) in [4.78, 5) is 38.4. The maximum atomic E-state index is 13.0. The second-order valence-electron chi connectivity index (χ2n) is 14.3. The molecule has 5 aliphatic rings. The first-order valence-electron chi connectivity index (χ1n) is 13.7. The Morgan fingerprint density at radius 1 is 1.03 bits per heavy atom. The molecule has 9 unspecified atom stereocenters. The maximum Gasteiger partial charge on any atom is 0.306 e. The van der Waals surface area contributed by atoms with Crippen LogP contribution in [0.5, 0.6) is 0 Å². The molecule has 5 rings (SSSR count). The van der Waals surface area contributed by atoms with Gasteiger partial charge in [-0.3, -0.25) is 14.4 Å². The van der Waals surface area contributed by atoms with E-state index in [1.807, 2.05) is 21.0 Å². The van der Waals surface area contributed by atoms with Crippen LogP contribution in [0.1, 0.15) is 86.5 Å². The van der Waals surface area contributed by atoms with Crippen molar-refractivity contribution in [3.63, 3.8) is 0 Å². The summed E-state index contributed by atoms with van der Waals surface area (Å²) in [5.74, 6) is 0.0879. The molecule has 4 saturated carbocycles. The minimum Gasteiger partial charge on any atom is -0.481 e. The van der Waals surface area contributed by atoms with Crippen molar-refractivity contribution in [2.45, 2.75) is 92.6 Å². The van der Waals surface area contributed by atoms with Crippen molar-refractivity contribution in [3.8, 4) is 0 Å². The highest BCUT2D eigenvalue weighted by Gasteiger charge is 2.67. The van der Waals surface area contributed by atoms with Gasteiger partial charge in [-0.05, 0) is 66.6 Å². The molecule has 0 bridgehead atoms. The average molecular weight is 485 g/mol. The quantitative estimate of drug-likeness (QED) is 0.508. The van der Waals surface area contributed by atoms with Crippen molar-refractivity contribution in [3.05, 3.63) is 11.6 Å². The fourth-order valence-corrected chi connectivity index (χ4v) is 10.2. The van der Waals surface area contributed by atoms with E-state index in [0.29, 0.717) is 31.0 Å². The third-order valence-corrected chi connectivity index (χ3v) is 12.0. The molecule has 0 aliphatic heterocycles. The number of carbonyl (C=O) groups is 3. The van der Waals surface area contributed by atoms with Gasteiger partial charge in [0.15, 0.2) is 0 Å². The van der Waals surface area contributed by atoms with Crippen LogP contribution < -0.4 is 0 Å². The molecule has 4 fully saturated rings. The Bertz CT molecular complexity index is 991. The van der Waals surface area contributed by atoms with Gasteiger partial charge in [0, 0.05) is 36.7 Å². The van der Waals surface area contributed by atoms with Gasteiger partial charge in [-0.25, -0.2) is 0 Å². The number of ketones is 2. The molecule has 0 amide bonds. The van der Waals surface area contributed by atoms with Gasteiger partial charge in [0.2, 0.25) is 0 Å². The number of Topliss-reactive ketones (excluding diaryl/α,β-unsaturated/α-hetero) is 2. The molecule has 0 aromatic heterocycles. The number of ether oxygens (including phenoxy) is 1. The van der Waals surface area contributed by atoms with Gasteiger partial charge in [0.05, 0.1) is 12.0 Å². The van der Waals surface area contributed by atoms with E-state index in [1.165, 1.54) is 5.57 Å². The predicted molar refractivity (Wildman–Crippen MR) is 134 cm³/mol. The zero-order valence-corrected chi connectivity index (χ0v) is 22.6. The van der Waals surface area contributed by atoms with Crippen molar-refractivity contribution in [2.24, 2.45) is 57.2 Å². The van der Waals surface area contributed by atoms with Crippen molar-refractivity contribution in [2.75, 3.05) is 7.11 Å². The van der Waals surface area contributed by atoms with Crippen molar-refractivity contribution < 1.29 is 24.2 Å². The third kappa shape index (κ3) is 3.32. The van der Waals surface area contributed by atoms with Gasteiger partial charge < -0.3 is 9.84 Å². The van der Waals surface area contributed by atoms with Crippen LogP contribution in [-0.2, 0) is 19.1 Å². The van der Waals surface area contributed by atoms with Crippen molar-refractivity contribution in [1.82, 2.24) is 0 Å². The molecule has 0 radical (unpaired) electrons. The van der Waals surface area contributed by atoms with Crippen LogP contribution in [0, 0.1) is 57.2 Å². The number of allylic oxidation sites excluding steroid dienone is 1. The number of carboxylic acid groups (broad SMARTS) is 1. The number of aliphatic carboxylic acids is 1. The Hall–Kier alpha value is -1.49. The van der Waals surface area contributed by atoms with Crippen LogP contribution in [0.2, 0.25) is 0 Å². The molecule has 5 aliphatic carbocycles. The number of fused-ring (bicyclic) bond motifs is 7. The van der Waals surface area contributed by atoms with Crippen LogP contribution in [0.15, 0.2) is 11.6 Å². The third-order valence-electron chi connectivity index (χ3n) is 12.0. The maximum absolute atomic E-state index is 13.0. The molecule has 0 spiro atoms. The monoisotopic (exact) mass is 484 g/mol. The number of hydrogen-bond acceptors (Lipinski definition) is 4. The largest absolute Gasteiger partial charge is 0.481 e. The van der Waals surface area contributed by atoms with Gasteiger partial charge in [0.1, 0.15) is 11.6 Å². The highest BCUT2D eigenvalue weighted by Crippen LogP contribution is 2.71. The highest BCUT2D eigenvalue weighted by molar-refractivity contribution is 5.86. The van der Waals surface area contributed by atoms with Crippen LogP contribution in [0.25, 0.3) is 0 Å². The molecule has 9 atom stereocenters. The lowest BCUT2D eigenvalue weighted by Gasteiger charge is -2.67. The average Bonchev–Trinajstić information content (AvgIpc) is 2.76. The van der Waals surface area contributed by atoms with Crippen LogP contribution in [0.4, 0.5) is 0 Å². The number of carbonyl (C=O) groups excluding carboxylic acids is 2. The molecule has 0 aromatic rings. The zero-order chi connectivity index (χ0) is 25.7. The van der Waals surface area contributed by atoms with Crippen LogP contribution in [-0.4, -0.2) is 35.9 Å². The van der Waals surface area contributed by atoms with Gasteiger partial charge in [-0.15, -0.1) is 0 Å². The first-order valence-corrected chi connectivity index (χ1v) is 13.7.